The summed E-state index contributed by atoms with van der Waals surface area (Å²) < 4.78 is 0. The summed E-state index contributed by atoms with van der Waals surface area (Å²) >= 11 is 0.569. The molecule has 0 aliphatic heterocycles. The van der Waals surface area contributed by atoms with Crippen LogP contribution >= 0.6 is 20.4 Å². The Hall–Kier alpha value is -1.15. The third-order valence-electron chi connectivity index (χ3n) is 7.10. The first-order valence-electron chi connectivity index (χ1n) is 13.3. The predicted molar refractivity (Wildman–Crippen MR) is 158 cm³/mol. The van der Waals surface area contributed by atoms with E-state index in [9.17, 15) is 0 Å². The van der Waals surface area contributed by atoms with Crippen LogP contribution in [0.5, 0.6) is 0 Å². The molecule has 0 aromatic heterocycles. The summed E-state index contributed by atoms with van der Waals surface area (Å²) in [6.45, 7) is 18.1. The van der Waals surface area contributed by atoms with Gasteiger partial charge in [-0.25, -0.2) is 0 Å². The summed E-state index contributed by atoms with van der Waals surface area (Å²) in [6.07, 6.45) is 8.13. The summed E-state index contributed by atoms with van der Waals surface area (Å²) in [5.41, 5.74) is 7.80. The van der Waals surface area contributed by atoms with Gasteiger partial charge in [0.1, 0.15) is 0 Å². The van der Waals surface area contributed by atoms with Crippen molar-refractivity contribution in [3.63, 3.8) is 0 Å². The van der Waals surface area contributed by atoms with E-state index < -0.39 is 0 Å². The van der Waals surface area contributed by atoms with Gasteiger partial charge >= 0.3 is 33.0 Å². The molecule has 2 unspecified atom stereocenters. The first kappa shape index (κ1) is 31.1. The molecule has 3 rings (SSSR count). The van der Waals surface area contributed by atoms with Gasteiger partial charge in [0.2, 0.25) is 0 Å². The molecular weight excluding hydrogens is 530 g/mol. The molecule has 0 amide bonds. The van der Waals surface area contributed by atoms with Gasteiger partial charge in [-0.3, -0.25) is 9.98 Å². The summed E-state index contributed by atoms with van der Waals surface area (Å²) in [5.74, 6) is 2.81. The van der Waals surface area contributed by atoms with Gasteiger partial charge in [-0.15, -0.1) is 0 Å². The SMILES string of the molecule is CC(C)c1cccc(C(C)C)c1N=CC1CCCC1C=Nc1c(C(C)C)cccc1C(C)C.[Cl][Ni][Cl]. The molecule has 0 heterocycles. The van der Waals surface area contributed by atoms with Crippen LogP contribution in [-0.2, 0) is 12.7 Å². The Morgan fingerprint density at radius 2 is 0.917 bits per heavy atom. The Balaban J connectivity index is 0.00000145. The first-order valence-corrected chi connectivity index (χ1v) is 16.0. The van der Waals surface area contributed by atoms with E-state index in [4.69, 9.17) is 30.4 Å². The van der Waals surface area contributed by atoms with Crippen LogP contribution in [0, 0.1) is 11.8 Å². The van der Waals surface area contributed by atoms with Gasteiger partial charge < -0.3 is 0 Å². The third kappa shape index (κ3) is 8.44. The van der Waals surface area contributed by atoms with Gasteiger partial charge in [-0.05, 0) is 58.8 Å². The number of aliphatic imine (C=N–C) groups is 2. The molecule has 1 aliphatic carbocycles. The van der Waals surface area contributed by atoms with Gasteiger partial charge in [-0.1, -0.05) is 98.2 Å². The molecule has 0 saturated heterocycles. The Labute approximate surface area is 234 Å². The number of benzene rings is 2. The normalized spacial score (nSPS) is 18.4. The maximum absolute atomic E-state index is 5.14. The zero-order valence-corrected chi connectivity index (χ0v) is 25.7. The fraction of sp³-hybridized carbons (Fsp3) is 0.548. The number of hydrogen-bond acceptors (Lipinski definition) is 2. The molecule has 5 heteroatoms. The molecule has 0 radical (unpaired) electrons. The van der Waals surface area contributed by atoms with Crippen LogP contribution in [0.3, 0.4) is 0 Å². The molecular formula is C31H44Cl2N2Ni. The number of para-hydroxylation sites is 2. The number of halogens is 2. The molecule has 0 N–H and O–H groups in total. The second-order valence-corrected chi connectivity index (χ2v) is 12.7. The Morgan fingerprint density at radius 1 is 0.639 bits per heavy atom. The van der Waals surface area contributed by atoms with E-state index in [-0.39, 0.29) is 0 Å². The van der Waals surface area contributed by atoms with E-state index >= 15 is 0 Å². The Morgan fingerprint density at radius 3 is 1.17 bits per heavy atom. The molecule has 2 atom stereocenters. The van der Waals surface area contributed by atoms with E-state index in [1.54, 1.807) is 0 Å². The van der Waals surface area contributed by atoms with E-state index in [0.717, 1.165) is 0 Å². The van der Waals surface area contributed by atoms with Crippen molar-refractivity contribution in [1.29, 1.82) is 0 Å². The van der Waals surface area contributed by atoms with Gasteiger partial charge in [0.05, 0.1) is 11.4 Å². The quantitative estimate of drug-likeness (QED) is 0.221. The topological polar surface area (TPSA) is 24.7 Å². The van der Waals surface area contributed by atoms with Crippen LogP contribution in [0.1, 0.15) is 121 Å². The summed E-state index contributed by atoms with van der Waals surface area (Å²) in [4.78, 5) is 10.3. The Bertz CT molecular complexity index is 880. The van der Waals surface area contributed by atoms with E-state index in [2.05, 4.69) is 104 Å². The first-order chi connectivity index (χ1) is 17.1. The van der Waals surface area contributed by atoms with Crippen molar-refractivity contribution in [2.24, 2.45) is 21.8 Å². The van der Waals surface area contributed by atoms with Crippen molar-refractivity contribution in [3.05, 3.63) is 58.7 Å². The fourth-order valence-electron chi connectivity index (χ4n) is 5.05. The van der Waals surface area contributed by atoms with Crippen molar-refractivity contribution in [1.82, 2.24) is 0 Å². The second kappa shape index (κ2) is 15.3. The van der Waals surface area contributed by atoms with Crippen LogP contribution < -0.4 is 0 Å². The van der Waals surface area contributed by atoms with Crippen molar-refractivity contribution in [2.75, 3.05) is 0 Å². The summed E-state index contributed by atoms with van der Waals surface area (Å²) in [6, 6.07) is 13.3. The van der Waals surface area contributed by atoms with Crippen LogP contribution in [0.2, 0.25) is 0 Å². The second-order valence-electron chi connectivity index (χ2n) is 11.0. The van der Waals surface area contributed by atoms with Crippen LogP contribution in [0.15, 0.2) is 46.4 Å². The van der Waals surface area contributed by atoms with Crippen molar-refractivity contribution in [3.8, 4) is 0 Å². The van der Waals surface area contributed by atoms with E-state index in [1.165, 1.54) is 52.9 Å². The van der Waals surface area contributed by atoms with E-state index in [0.29, 0.717) is 48.2 Å². The van der Waals surface area contributed by atoms with Crippen LogP contribution in [-0.4, -0.2) is 12.4 Å². The molecule has 2 nitrogen and oxygen atoms in total. The van der Waals surface area contributed by atoms with Crippen molar-refractivity contribution < 1.29 is 12.7 Å². The monoisotopic (exact) mass is 572 g/mol. The predicted octanol–water partition coefficient (Wildman–Crippen LogP) is 11.1. The zero-order chi connectivity index (χ0) is 26.8. The molecule has 2 aromatic rings. The average Bonchev–Trinajstić information content (AvgIpc) is 3.28. The third-order valence-corrected chi connectivity index (χ3v) is 7.10. The number of nitrogens with zero attached hydrogens (tertiary/aromatic N) is 2. The molecule has 1 fully saturated rings. The summed E-state index contributed by atoms with van der Waals surface area (Å²) in [5, 5.41) is 0. The minimum absolute atomic E-state index is 0.461. The molecule has 0 bridgehead atoms. The molecule has 36 heavy (non-hydrogen) atoms. The Kier molecular flexibility index (Phi) is 13.2. The van der Waals surface area contributed by atoms with Gasteiger partial charge in [-0.2, -0.15) is 0 Å². The standard InChI is InChI=1S/C31H44N2.2ClH.Ni/c1-20(2)26-14-10-15-27(21(3)4)30(26)32-18-24-12-9-13-25(24)19-33-31-28(22(5)6)16-11-17-29(31)23(7)8;;;/h10-11,14-25H,9,12-13H2,1-8H3;2*1H;/q;;;+2/p-2. The maximum atomic E-state index is 5.14. The fourth-order valence-corrected chi connectivity index (χ4v) is 5.05. The minimum atomic E-state index is 0.461. The van der Waals surface area contributed by atoms with Crippen LogP contribution in [0.4, 0.5) is 11.4 Å². The van der Waals surface area contributed by atoms with Gasteiger partial charge in [0, 0.05) is 24.3 Å². The van der Waals surface area contributed by atoms with Crippen molar-refractivity contribution >= 4 is 44.2 Å². The van der Waals surface area contributed by atoms with E-state index in [1.807, 2.05) is 0 Å². The zero-order valence-electron chi connectivity index (χ0n) is 23.2. The van der Waals surface area contributed by atoms with Crippen LogP contribution in [0.25, 0.3) is 0 Å². The van der Waals surface area contributed by atoms with Gasteiger partial charge in [0.15, 0.2) is 0 Å². The molecule has 1 aliphatic rings. The number of rotatable bonds is 8. The number of hydrogen-bond donors (Lipinski definition) is 0. The summed E-state index contributed by atoms with van der Waals surface area (Å²) in [7, 11) is 9.40. The van der Waals surface area contributed by atoms with Crippen molar-refractivity contribution in [2.45, 2.75) is 98.3 Å². The average molecular weight is 574 g/mol. The molecule has 2 aromatic carbocycles. The molecule has 1 saturated carbocycles. The molecule has 202 valence electrons. The molecule has 0 spiro atoms. The van der Waals surface area contributed by atoms with Gasteiger partial charge in [0.25, 0.3) is 0 Å².